The first-order valence-electron chi connectivity index (χ1n) is 12.3. The first kappa shape index (κ1) is 23.8. The number of rotatable bonds is 6. The van der Waals surface area contributed by atoms with Crippen LogP contribution in [0.3, 0.4) is 0 Å². The maximum absolute atomic E-state index is 13.9. The molecule has 0 saturated carbocycles. The van der Waals surface area contributed by atoms with Crippen molar-refractivity contribution >= 4 is 11.6 Å². The molecule has 0 atom stereocenters. The Morgan fingerprint density at radius 2 is 1.61 bits per heavy atom. The fourth-order valence-electron chi connectivity index (χ4n) is 4.83. The van der Waals surface area contributed by atoms with Gasteiger partial charge in [-0.2, -0.15) is 0 Å². The molecule has 0 fully saturated rings. The highest BCUT2D eigenvalue weighted by molar-refractivity contribution is 5.64. The van der Waals surface area contributed by atoms with E-state index in [0.29, 0.717) is 32.3 Å². The predicted molar refractivity (Wildman–Crippen MR) is 144 cm³/mol. The molecule has 0 N–H and O–H groups in total. The Hall–Kier alpha value is -3.90. The lowest BCUT2D eigenvalue weighted by Gasteiger charge is -2.39. The normalized spacial score (nSPS) is 13.5. The molecule has 1 aliphatic rings. The fraction of sp³-hybridized carbons (Fsp3) is 0.267. The molecule has 0 saturated heterocycles. The minimum Gasteiger partial charge on any atom is -0.497 e. The van der Waals surface area contributed by atoms with Gasteiger partial charge in [-0.3, -0.25) is 19.2 Å². The van der Waals surface area contributed by atoms with Crippen molar-refractivity contribution in [3.63, 3.8) is 0 Å². The van der Waals surface area contributed by atoms with Crippen LogP contribution >= 0.6 is 0 Å². The molecule has 0 radical (unpaired) electrons. The van der Waals surface area contributed by atoms with E-state index in [1.54, 1.807) is 7.11 Å². The smallest absolute Gasteiger partial charge is 0.259 e. The summed E-state index contributed by atoms with van der Waals surface area (Å²) in [4.78, 5) is 23.4. The van der Waals surface area contributed by atoms with Crippen LogP contribution in [-0.2, 0) is 19.6 Å². The third kappa shape index (κ3) is 4.64. The highest BCUT2D eigenvalue weighted by Gasteiger charge is 2.29. The Balaban J connectivity index is 1.58. The molecule has 1 aromatic heterocycles. The Kier molecular flexibility index (Phi) is 6.61. The van der Waals surface area contributed by atoms with E-state index in [1.165, 1.54) is 11.1 Å². The second-order valence-corrected chi connectivity index (χ2v) is 9.48. The molecule has 2 heterocycles. The van der Waals surface area contributed by atoms with Crippen LogP contribution in [0.25, 0.3) is 0 Å². The Morgan fingerprint density at radius 1 is 0.861 bits per heavy atom. The Bertz CT molecular complexity index is 1430. The third-order valence-corrected chi connectivity index (χ3v) is 7.03. The molecule has 0 spiro atoms. The number of hydrogen-bond donors (Lipinski definition) is 0. The molecule has 184 valence electrons. The molecule has 5 rings (SSSR count). The molecular formula is C30H32N4O2. The number of aryl methyl sites for hydroxylation is 2. The van der Waals surface area contributed by atoms with E-state index < -0.39 is 0 Å². The highest BCUT2D eigenvalue weighted by Crippen LogP contribution is 2.32. The number of aromatic nitrogens is 2. The number of ether oxygens (including phenoxy) is 1. The largest absolute Gasteiger partial charge is 0.497 e. The van der Waals surface area contributed by atoms with Crippen LogP contribution in [0.1, 0.15) is 33.5 Å². The van der Waals surface area contributed by atoms with E-state index in [0.717, 1.165) is 33.8 Å². The molecule has 4 aromatic rings. The van der Waals surface area contributed by atoms with Crippen molar-refractivity contribution in [1.82, 2.24) is 14.5 Å². The second kappa shape index (κ2) is 9.99. The molecule has 1 aliphatic heterocycles. The van der Waals surface area contributed by atoms with Gasteiger partial charge in [0.1, 0.15) is 5.75 Å². The van der Waals surface area contributed by atoms with Gasteiger partial charge < -0.3 is 4.74 Å². The predicted octanol–water partition coefficient (Wildman–Crippen LogP) is 5.34. The van der Waals surface area contributed by atoms with Crippen molar-refractivity contribution in [2.45, 2.75) is 40.4 Å². The summed E-state index contributed by atoms with van der Waals surface area (Å²) in [5, 5.41) is 0. The average molecular weight is 481 g/mol. The quantitative estimate of drug-likeness (QED) is 0.373. The summed E-state index contributed by atoms with van der Waals surface area (Å²) >= 11 is 0. The number of benzene rings is 3. The fourth-order valence-corrected chi connectivity index (χ4v) is 4.83. The zero-order chi connectivity index (χ0) is 25.2. The summed E-state index contributed by atoms with van der Waals surface area (Å²) in [5.74, 6) is 1.54. The van der Waals surface area contributed by atoms with Gasteiger partial charge in [-0.25, -0.2) is 4.98 Å². The zero-order valence-corrected chi connectivity index (χ0v) is 21.4. The van der Waals surface area contributed by atoms with Crippen LogP contribution in [0.4, 0.5) is 11.6 Å². The maximum Gasteiger partial charge on any atom is 0.259 e. The first-order valence-corrected chi connectivity index (χ1v) is 12.3. The van der Waals surface area contributed by atoms with Gasteiger partial charge in [0, 0.05) is 24.2 Å². The summed E-state index contributed by atoms with van der Waals surface area (Å²) in [6, 6.07) is 24.5. The maximum atomic E-state index is 13.9. The van der Waals surface area contributed by atoms with Crippen molar-refractivity contribution in [1.29, 1.82) is 0 Å². The van der Waals surface area contributed by atoms with Crippen LogP contribution in [-0.4, -0.2) is 28.2 Å². The van der Waals surface area contributed by atoms with Gasteiger partial charge in [0.15, 0.2) is 0 Å². The molecule has 0 bridgehead atoms. The lowest BCUT2D eigenvalue weighted by molar-refractivity contribution is 0.189. The van der Waals surface area contributed by atoms with E-state index in [9.17, 15) is 4.79 Å². The molecule has 6 nitrogen and oxygen atoms in total. The van der Waals surface area contributed by atoms with Crippen molar-refractivity contribution in [3.05, 3.63) is 117 Å². The molecule has 0 aliphatic carbocycles. The van der Waals surface area contributed by atoms with E-state index in [1.807, 2.05) is 41.8 Å². The molecule has 3 aromatic carbocycles. The van der Waals surface area contributed by atoms with E-state index >= 15 is 0 Å². The summed E-state index contributed by atoms with van der Waals surface area (Å²) in [6.45, 7) is 8.03. The number of anilines is 2. The number of fused-ring (bicyclic) bond motifs is 1. The van der Waals surface area contributed by atoms with Gasteiger partial charge in [0.25, 0.3) is 5.56 Å². The zero-order valence-electron chi connectivity index (χ0n) is 21.4. The topological polar surface area (TPSA) is 50.6 Å². The number of methoxy groups -OCH3 is 1. The number of nitrogens with zero attached hydrogens (tertiary/aromatic N) is 4. The molecule has 0 unspecified atom stereocenters. The molecule has 0 amide bonds. The highest BCUT2D eigenvalue weighted by atomic mass is 16.5. The van der Waals surface area contributed by atoms with Crippen LogP contribution < -0.4 is 15.2 Å². The van der Waals surface area contributed by atoms with Crippen LogP contribution in [0.15, 0.2) is 77.6 Å². The third-order valence-electron chi connectivity index (χ3n) is 7.03. The summed E-state index contributed by atoms with van der Waals surface area (Å²) in [5.41, 5.74) is 7.31. The second-order valence-electron chi connectivity index (χ2n) is 9.48. The lowest BCUT2D eigenvalue weighted by atomic mass is 10.0. The van der Waals surface area contributed by atoms with Gasteiger partial charge in [0.2, 0.25) is 5.95 Å². The van der Waals surface area contributed by atoms with Crippen molar-refractivity contribution < 1.29 is 4.74 Å². The minimum atomic E-state index is 0.0242. The first-order chi connectivity index (χ1) is 17.4. The van der Waals surface area contributed by atoms with Crippen molar-refractivity contribution in [2.24, 2.45) is 0 Å². The van der Waals surface area contributed by atoms with E-state index in [2.05, 4.69) is 66.1 Å². The van der Waals surface area contributed by atoms with Gasteiger partial charge in [-0.15, -0.1) is 0 Å². The number of hydrogen-bond acceptors (Lipinski definition) is 5. The van der Waals surface area contributed by atoms with Gasteiger partial charge in [-0.05, 0) is 61.2 Å². The average Bonchev–Trinajstić information content (AvgIpc) is 2.89. The molecule has 6 heteroatoms. The SMILES string of the molecule is COc1ccc(CN2CN(c3cccc(C)c3C)c3nc(C)c(Cc4ccccc4)c(=O)n3C2)cc1. The van der Waals surface area contributed by atoms with E-state index in [-0.39, 0.29) is 5.56 Å². The van der Waals surface area contributed by atoms with Crippen LogP contribution in [0.5, 0.6) is 5.75 Å². The summed E-state index contributed by atoms with van der Waals surface area (Å²) in [7, 11) is 1.67. The van der Waals surface area contributed by atoms with Crippen LogP contribution in [0.2, 0.25) is 0 Å². The summed E-state index contributed by atoms with van der Waals surface area (Å²) in [6.07, 6.45) is 0.570. The monoisotopic (exact) mass is 480 g/mol. The van der Waals surface area contributed by atoms with E-state index in [4.69, 9.17) is 9.72 Å². The Labute approximate surface area is 212 Å². The van der Waals surface area contributed by atoms with Gasteiger partial charge in [-0.1, -0.05) is 54.6 Å². The minimum absolute atomic E-state index is 0.0242. The molecular weight excluding hydrogens is 448 g/mol. The van der Waals surface area contributed by atoms with Crippen molar-refractivity contribution in [3.8, 4) is 5.75 Å². The van der Waals surface area contributed by atoms with Gasteiger partial charge >= 0.3 is 0 Å². The van der Waals surface area contributed by atoms with Crippen molar-refractivity contribution in [2.75, 3.05) is 18.7 Å². The lowest BCUT2D eigenvalue weighted by Crippen LogP contribution is -2.47. The Morgan fingerprint density at radius 3 is 2.33 bits per heavy atom. The summed E-state index contributed by atoms with van der Waals surface area (Å²) < 4.78 is 7.15. The standard InChI is InChI=1S/C30H32N4O2/c1-21-9-8-12-28(22(21)2)33-19-32(18-25-13-15-26(36-4)16-14-25)20-34-29(35)27(23(3)31-30(33)34)17-24-10-6-5-7-11-24/h5-16H,17-20H2,1-4H3. The molecule has 36 heavy (non-hydrogen) atoms. The van der Waals surface area contributed by atoms with Crippen LogP contribution in [0, 0.1) is 20.8 Å². The van der Waals surface area contributed by atoms with Gasteiger partial charge in [0.05, 0.1) is 26.1 Å².